The number of rotatable bonds is 1. The molecule has 0 saturated carbocycles. The van der Waals surface area contributed by atoms with Crippen molar-refractivity contribution in [2.24, 2.45) is 5.73 Å². The van der Waals surface area contributed by atoms with Crippen molar-refractivity contribution in [3.63, 3.8) is 0 Å². The van der Waals surface area contributed by atoms with Crippen molar-refractivity contribution < 1.29 is 0 Å². The van der Waals surface area contributed by atoms with Crippen LogP contribution in [0.15, 0.2) is 36.4 Å². The summed E-state index contributed by atoms with van der Waals surface area (Å²) in [5.41, 5.74) is 12.2. The van der Waals surface area contributed by atoms with Gasteiger partial charge in [-0.25, -0.2) is 0 Å². The van der Waals surface area contributed by atoms with Crippen LogP contribution in [0.1, 0.15) is 22.6 Å². The number of halogens is 1. The van der Waals surface area contributed by atoms with E-state index in [4.69, 9.17) is 17.3 Å². The Morgan fingerprint density at radius 2 is 1.71 bits per heavy atom. The molecule has 3 rings (SSSR count). The van der Waals surface area contributed by atoms with Crippen LogP contribution in [-0.2, 0) is 0 Å². The van der Waals surface area contributed by atoms with Crippen LogP contribution in [-0.4, -0.2) is 6.54 Å². The molecule has 2 aromatic carbocycles. The van der Waals surface area contributed by atoms with Gasteiger partial charge in [-0.15, -0.1) is 0 Å². The molecule has 0 heterocycles. The van der Waals surface area contributed by atoms with Crippen LogP contribution in [0.25, 0.3) is 11.1 Å². The van der Waals surface area contributed by atoms with Gasteiger partial charge in [-0.2, -0.15) is 0 Å². The molecule has 86 valence electrons. The average molecular weight is 244 g/mol. The maximum Gasteiger partial charge on any atom is 0.0487 e. The molecule has 0 aromatic heterocycles. The summed E-state index contributed by atoms with van der Waals surface area (Å²) < 4.78 is 0. The molecule has 2 aromatic rings. The molecule has 0 saturated heterocycles. The summed E-state index contributed by atoms with van der Waals surface area (Å²) in [6.07, 6.45) is 0. The Labute approximate surface area is 106 Å². The van der Waals surface area contributed by atoms with E-state index in [1.165, 1.54) is 27.8 Å². The molecule has 1 aliphatic rings. The first-order chi connectivity index (χ1) is 8.24. The molecular weight excluding hydrogens is 230 g/mol. The number of fused-ring (bicyclic) bond motifs is 3. The SMILES string of the molecule is Cc1cccc2c1-c1c(Cl)cccc1C2CN. The van der Waals surface area contributed by atoms with Crippen LogP contribution in [0.3, 0.4) is 0 Å². The Morgan fingerprint density at radius 3 is 2.41 bits per heavy atom. The monoisotopic (exact) mass is 243 g/mol. The smallest absolute Gasteiger partial charge is 0.0487 e. The fraction of sp³-hybridized carbons (Fsp3) is 0.200. The molecule has 1 nitrogen and oxygen atoms in total. The topological polar surface area (TPSA) is 26.0 Å². The van der Waals surface area contributed by atoms with Gasteiger partial charge < -0.3 is 5.73 Å². The number of aryl methyl sites for hydroxylation is 1. The Kier molecular flexibility index (Phi) is 2.46. The van der Waals surface area contributed by atoms with Crippen LogP contribution >= 0.6 is 11.6 Å². The summed E-state index contributed by atoms with van der Waals surface area (Å²) in [5, 5.41) is 0.828. The van der Waals surface area contributed by atoms with Crippen LogP contribution in [0.4, 0.5) is 0 Å². The van der Waals surface area contributed by atoms with Crippen LogP contribution in [0, 0.1) is 6.92 Å². The molecule has 1 unspecified atom stereocenters. The van der Waals surface area contributed by atoms with Gasteiger partial charge >= 0.3 is 0 Å². The van der Waals surface area contributed by atoms with Gasteiger partial charge in [-0.05, 0) is 35.2 Å². The minimum absolute atomic E-state index is 0.290. The van der Waals surface area contributed by atoms with E-state index >= 15 is 0 Å². The molecule has 0 aliphatic heterocycles. The summed E-state index contributed by atoms with van der Waals surface area (Å²) >= 11 is 6.35. The van der Waals surface area contributed by atoms with Gasteiger partial charge in [0.05, 0.1) is 0 Å². The molecule has 0 bridgehead atoms. The Hall–Kier alpha value is -1.31. The van der Waals surface area contributed by atoms with Gasteiger partial charge in [0.25, 0.3) is 0 Å². The van der Waals surface area contributed by atoms with Gasteiger partial charge in [-0.3, -0.25) is 0 Å². The van der Waals surface area contributed by atoms with Crippen LogP contribution < -0.4 is 5.73 Å². The lowest BCUT2D eigenvalue weighted by Gasteiger charge is -2.10. The minimum Gasteiger partial charge on any atom is -0.330 e. The third kappa shape index (κ3) is 1.43. The van der Waals surface area contributed by atoms with Crippen molar-refractivity contribution in [1.29, 1.82) is 0 Å². The molecule has 0 fully saturated rings. The third-order valence-electron chi connectivity index (χ3n) is 3.59. The molecular formula is C15H14ClN. The zero-order valence-corrected chi connectivity index (χ0v) is 10.5. The zero-order chi connectivity index (χ0) is 12.0. The van der Waals surface area contributed by atoms with E-state index in [9.17, 15) is 0 Å². The predicted octanol–water partition coefficient (Wildman–Crippen LogP) is 3.72. The largest absolute Gasteiger partial charge is 0.330 e. The highest BCUT2D eigenvalue weighted by Crippen LogP contribution is 2.48. The molecule has 2 N–H and O–H groups in total. The Morgan fingerprint density at radius 1 is 1.06 bits per heavy atom. The maximum atomic E-state index is 6.35. The lowest BCUT2D eigenvalue weighted by atomic mass is 9.96. The van der Waals surface area contributed by atoms with Crippen molar-refractivity contribution in [2.45, 2.75) is 12.8 Å². The maximum absolute atomic E-state index is 6.35. The van der Waals surface area contributed by atoms with Gasteiger partial charge in [0.1, 0.15) is 0 Å². The predicted molar refractivity (Wildman–Crippen MR) is 72.5 cm³/mol. The number of hydrogen-bond acceptors (Lipinski definition) is 1. The first-order valence-electron chi connectivity index (χ1n) is 5.82. The van der Waals surface area contributed by atoms with Crippen LogP contribution in [0.2, 0.25) is 5.02 Å². The highest BCUT2D eigenvalue weighted by atomic mass is 35.5. The van der Waals surface area contributed by atoms with E-state index in [1.807, 2.05) is 12.1 Å². The van der Waals surface area contributed by atoms with E-state index in [0.717, 1.165) is 5.02 Å². The first-order valence-corrected chi connectivity index (χ1v) is 6.20. The summed E-state index contributed by atoms with van der Waals surface area (Å²) in [7, 11) is 0. The molecule has 0 spiro atoms. The van der Waals surface area contributed by atoms with E-state index < -0.39 is 0 Å². The summed E-state index contributed by atoms with van der Waals surface area (Å²) in [6.45, 7) is 2.76. The van der Waals surface area contributed by atoms with Crippen molar-refractivity contribution in [2.75, 3.05) is 6.54 Å². The second-order valence-corrected chi connectivity index (χ2v) is 4.94. The summed E-state index contributed by atoms with van der Waals surface area (Å²) in [4.78, 5) is 0. The summed E-state index contributed by atoms with van der Waals surface area (Å²) in [5.74, 6) is 0.290. The highest BCUT2D eigenvalue weighted by molar-refractivity contribution is 6.33. The zero-order valence-electron chi connectivity index (χ0n) is 9.70. The molecule has 1 atom stereocenters. The molecule has 0 amide bonds. The van der Waals surface area contributed by atoms with Crippen molar-refractivity contribution >= 4 is 11.6 Å². The van der Waals surface area contributed by atoms with Crippen molar-refractivity contribution in [3.8, 4) is 11.1 Å². The van der Waals surface area contributed by atoms with Gasteiger partial charge in [0.15, 0.2) is 0 Å². The van der Waals surface area contributed by atoms with Crippen molar-refractivity contribution in [1.82, 2.24) is 0 Å². The number of nitrogens with two attached hydrogens (primary N) is 1. The third-order valence-corrected chi connectivity index (χ3v) is 3.90. The normalized spacial score (nSPS) is 16.8. The quantitative estimate of drug-likeness (QED) is 0.812. The first kappa shape index (κ1) is 10.8. The van der Waals surface area contributed by atoms with Crippen LogP contribution in [0.5, 0.6) is 0 Å². The minimum atomic E-state index is 0.290. The fourth-order valence-corrected chi connectivity index (χ4v) is 3.12. The second kappa shape index (κ2) is 3.86. The number of hydrogen-bond donors (Lipinski definition) is 1. The fourth-order valence-electron chi connectivity index (χ4n) is 2.84. The van der Waals surface area contributed by atoms with E-state index in [0.29, 0.717) is 12.5 Å². The van der Waals surface area contributed by atoms with Gasteiger partial charge in [-0.1, -0.05) is 41.9 Å². The van der Waals surface area contributed by atoms with Gasteiger partial charge in [0, 0.05) is 23.0 Å². The van der Waals surface area contributed by atoms with E-state index in [1.54, 1.807) is 0 Å². The summed E-state index contributed by atoms with van der Waals surface area (Å²) in [6, 6.07) is 12.5. The second-order valence-electron chi connectivity index (χ2n) is 4.53. The molecule has 17 heavy (non-hydrogen) atoms. The standard InChI is InChI=1S/C15H14ClN/c1-9-4-2-5-10-12(8-17)11-6-3-7-13(16)15(11)14(9)10/h2-7,12H,8,17H2,1H3. The number of benzene rings is 2. The molecule has 2 heteroatoms. The lowest BCUT2D eigenvalue weighted by molar-refractivity contribution is 0.840. The molecule has 1 aliphatic carbocycles. The highest BCUT2D eigenvalue weighted by Gasteiger charge is 2.29. The molecule has 0 radical (unpaired) electrons. The lowest BCUT2D eigenvalue weighted by Crippen LogP contribution is -2.11. The average Bonchev–Trinajstić information content (AvgIpc) is 2.65. The van der Waals surface area contributed by atoms with Gasteiger partial charge in [0.2, 0.25) is 0 Å². The Bertz CT molecular complexity index is 538. The Balaban J connectivity index is 2.39. The van der Waals surface area contributed by atoms with Crippen molar-refractivity contribution in [3.05, 3.63) is 58.1 Å². The van der Waals surface area contributed by atoms with E-state index in [2.05, 4.69) is 31.2 Å². The van der Waals surface area contributed by atoms with E-state index in [-0.39, 0.29) is 0 Å².